The van der Waals surface area contributed by atoms with Crippen LogP contribution >= 0.6 is 0 Å². The highest BCUT2D eigenvalue weighted by Crippen LogP contribution is 2.32. The van der Waals surface area contributed by atoms with Gasteiger partial charge in [-0.05, 0) is 33.0 Å². The van der Waals surface area contributed by atoms with Crippen molar-refractivity contribution >= 4 is 23.4 Å². The molecule has 0 spiro atoms. The van der Waals surface area contributed by atoms with Crippen molar-refractivity contribution in [2.24, 2.45) is 0 Å². The Morgan fingerprint density at radius 3 is 2.57 bits per heavy atom. The monoisotopic (exact) mass is 417 g/mol. The molecule has 2 aromatic rings. The van der Waals surface area contributed by atoms with Gasteiger partial charge in [-0.15, -0.1) is 0 Å². The Kier molecular flexibility index (Phi) is 7.54. The summed E-state index contributed by atoms with van der Waals surface area (Å²) in [6, 6.07) is 4.84. The van der Waals surface area contributed by atoms with Crippen LogP contribution in [0.5, 0.6) is 5.75 Å². The minimum atomic E-state index is -1.25. The van der Waals surface area contributed by atoms with Crippen LogP contribution in [0.1, 0.15) is 13.8 Å². The third-order valence-electron chi connectivity index (χ3n) is 4.37. The van der Waals surface area contributed by atoms with Gasteiger partial charge < -0.3 is 30.0 Å². The van der Waals surface area contributed by atoms with Gasteiger partial charge in [-0.3, -0.25) is 14.4 Å². The molecule has 3 amide bonds. The lowest BCUT2D eigenvalue weighted by Crippen LogP contribution is -2.57. The average molecular weight is 417 g/mol. The van der Waals surface area contributed by atoms with Gasteiger partial charge in [0.25, 0.3) is 0 Å². The normalized spacial score (nSPS) is 11.0. The second kappa shape index (κ2) is 9.88. The van der Waals surface area contributed by atoms with Crippen molar-refractivity contribution in [1.29, 1.82) is 0 Å². The standard InChI is InChI=1S/C20H27N5O5/c1-20(2,19(28)25(4)9-8-21-3)24-18(27)17(26)23-13-6-7-14(15(10-13)29-5)16-11-22-12-30-16/h6-7,10-12,21H,8-9H2,1-5H3,(H,23,26)(H,24,27). The van der Waals surface area contributed by atoms with E-state index in [0.29, 0.717) is 35.9 Å². The number of aromatic nitrogens is 1. The molecule has 1 aromatic carbocycles. The smallest absolute Gasteiger partial charge is 0.313 e. The molecule has 2 rings (SSSR count). The predicted molar refractivity (Wildman–Crippen MR) is 111 cm³/mol. The molecule has 0 fully saturated rings. The molecule has 0 saturated heterocycles. The molecule has 30 heavy (non-hydrogen) atoms. The van der Waals surface area contributed by atoms with E-state index in [9.17, 15) is 14.4 Å². The number of hydrogen-bond donors (Lipinski definition) is 3. The molecule has 0 aliphatic carbocycles. The Morgan fingerprint density at radius 2 is 1.97 bits per heavy atom. The van der Waals surface area contributed by atoms with Crippen LogP contribution in [0.2, 0.25) is 0 Å². The summed E-state index contributed by atoms with van der Waals surface area (Å²) in [5.74, 6) is -1.19. The van der Waals surface area contributed by atoms with E-state index in [-0.39, 0.29) is 5.91 Å². The van der Waals surface area contributed by atoms with E-state index in [1.165, 1.54) is 24.6 Å². The predicted octanol–water partition coefficient (Wildman–Crippen LogP) is 0.861. The van der Waals surface area contributed by atoms with Crippen LogP contribution in [0.15, 0.2) is 35.2 Å². The highest BCUT2D eigenvalue weighted by atomic mass is 16.5. The van der Waals surface area contributed by atoms with Gasteiger partial charge in [-0.1, -0.05) is 0 Å². The largest absolute Gasteiger partial charge is 0.496 e. The Labute approximate surface area is 175 Å². The molecule has 10 nitrogen and oxygen atoms in total. The third kappa shape index (κ3) is 5.57. The van der Waals surface area contributed by atoms with Crippen molar-refractivity contribution in [3.05, 3.63) is 30.8 Å². The Hall–Kier alpha value is -3.40. The topological polar surface area (TPSA) is 126 Å². The number of carbonyl (C=O) groups is 3. The number of likely N-dealkylation sites (N-methyl/N-ethyl adjacent to an activating group) is 2. The number of ether oxygens (including phenoxy) is 1. The maximum Gasteiger partial charge on any atom is 0.313 e. The molecule has 0 bridgehead atoms. The molecule has 1 heterocycles. The van der Waals surface area contributed by atoms with Crippen molar-refractivity contribution in [3.63, 3.8) is 0 Å². The maximum atomic E-state index is 12.5. The summed E-state index contributed by atoms with van der Waals surface area (Å²) in [4.78, 5) is 42.6. The van der Waals surface area contributed by atoms with Gasteiger partial charge >= 0.3 is 11.8 Å². The van der Waals surface area contributed by atoms with E-state index < -0.39 is 17.4 Å². The molecule has 162 valence electrons. The van der Waals surface area contributed by atoms with Gasteiger partial charge in [0.05, 0.1) is 18.9 Å². The molecule has 0 aliphatic heterocycles. The molecule has 10 heteroatoms. The number of anilines is 1. The van der Waals surface area contributed by atoms with Crippen LogP contribution in [0.4, 0.5) is 5.69 Å². The number of benzene rings is 1. The fourth-order valence-corrected chi connectivity index (χ4v) is 2.76. The number of oxazole rings is 1. The minimum absolute atomic E-state index is 0.308. The van der Waals surface area contributed by atoms with Gasteiger partial charge in [0, 0.05) is 31.9 Å². The highest BCUT2D eigenvalue weighted by molar-refractivity contribution is 6.40. The van der Waals surface area contributed by atoms with Gasteiger partial charge in [-0.2, -0.15) is 0 Å². The molecular weight excluding hydrogens is 390 g/mol. The first-order valence-corrected chi connectivity index (χ1v) is 9.30. The molecule has 3 N–H and O–H groups in total. The van der Waals surface area contributed by atoms with Gasteiger partial charge in [-0.25, -0.2) is 4.98 Å². The maximum absolute atomic E-state index is 12.5. The lowest BCUT2D eigenvalue weighted by Gasteiger charge is -2.30. The molecule has 0 aliphatic rings. The summed E-state index contributed by atoms with van der Waals surface area (Å²) in [6.07, 6.45) is 2.84. The number of carbonyl (C=O) groups excluding carboxylic acids is 3. The summed E-state index contributed by atoms with van der Waals surface area (Å²) in [5.41, 5.74) is -0.246. The summed E-state index contributed by atoms with van der Waals surface area (Å²) in [5, 5.41) is 7.93. The van der Waals surface area contributed by atoms with Crippen LogP contribution in [0, 0.1) is 0 Å². The molecule has 0 saturated carbocycles. The lowest BCUT2D eigenvalue weighted by molar-refractivity contribution is -0.142. The Bertz CT molecular complexity index is 895. The number of rotatable bonds is 8. The van der Waals surface area contributed by atoms with E-state index in [1.54, 1.807) is 46.1 Å². The van der Waals surface area contributed by atoms with Crippen molar-refractivity contribution in [1.82, 2.24) is 20.5 Å². The second-order valence-electron chi connectivity index (χ2n) is 7.14. The number of amides is 3. The van der Waals surface area contributed by atoms with Crippen LogP contribution in [0.25, 0.3) is 11.3 Å². The fourth-order valence-electron chi connectivity index (χ4n) is 2.76. The third-order valence-corrected chi connectivity index (χ3v) is 4.37. The van der Waals surface area contributed by atoms with Gasteiger partial charge in [0.1, 0.15) is 11.3 Å². The molecular formula is C20H27N5O5. The van der Waals surface area contributed by atoms with E-state index in [1.807, 2.05) is 0 Å². The number of hydrogen-bond acceptors (Lipinski definition) is 7. The van der Waals surface area contributed by atoms with Gasteiger partial charge in [0.2, 0.25) is 5.91 Å². The summed E-state index contributed by atoms with van der Waals surface area (Å²) in [7, 11) is 4.89. The molecule has 0 radical (unpaired) electrons. The lowest BCUT2D eigenvalue weighted by atomic mass is 10.0. The zero-order valence-corrected chi connectivity index (χ0v) is 17.7. The summed E-state index contributed by atoms with van der Waals surface area (Å²) < 4.78 is 10.6. The van der Waals surface area contributed by atoms with Crippen molar-refractivity contribution < 1.29 is 23.5 Å². The van der Waals surface area contributed by atoms with Crippen LogP contribution in [-0.4, -0.2) is 67.4 Å². The van der Waals surface area contributed by atoms with Crippen LogP contribution in [-0.2, 0) is 14.4 Å². The van der Waals surface area contributed by atoms with Crippen LogP contribution in [0.3, 0.4) is 0 Å². The van der Waals surface area contributed by atoms with Crippen molar-refractivity contribution in [2.45, 2.75) is 19.4 Å². The number of nitrogens with one attached hydrogen (secondary N) is 3. The quantitative estimate of drug-likeness (QED) is 0.544. The zero-order valence-electron chi connectivity index (χ0n) is 17.7. The molecule has 0 unspecified atom stereocenters. The summed E-state index contributed by atoms with van der Waals surface area (Å²) in [6.45, 7) is 4.17. The Balaban J connectivity index is 2.05. The first-order chi connectivity index (χ1) is 14.2. The first kappa shape index (κ1) is 22.9. The summed E-state index contributed by atoms with van der Waals surface area (Å²) >= 11 is 0. The minimum Gasteiger partial charge on any atom is -0.496 e. The van der Waals surface area contributed by atoms with Crippen molar-refractivity contribution in [2.75, 3.05) is 39.6 Å². The average Bonchev–Trinajstić information content (AvgIpc) is 3.25. The SMILES string of the molecule is CNCCN(C)C(=O)C(C)(C)NC(=O)C(=O)Nc1ccc(-c2cnco2)c(OC)c1. The Morgan fingerprint density at radius 1 is 1.23 bits per heavy atom. The van der Waals surface area contributed by atoms with E-state index in [4.69, 9.17) is 9.15 Å². The number of nitrogens with zero attached hydrogens (tertiary/aromatic N) is 2. The van der Waals surface area contributed by atoms with E-state index >= 15 is 0 Å². The fraction of sp³-hybridized carbons (Fsp3) is 0.400. The second-order valence-corrected chi connectivity index (χ2v) is 7.14. The highest BCUT2D eigenvalue weighted by Gasteiger charge is 2.33. The molecule has 0 atom stereocenters. The number of methoxy groups -OCH3 is 1. The van der Waals surface area contributed by atoms with E-state index in [2.05, 4.69) is 20.9 Å². The first-order valence-electron chi connectivity index (χ1n) is 9.30. The zero-order chi connectivity index (χ0) is 22.3. The van der Waals surface area contributed by atoms with Crippen molar-refractivity contribution in [3.8, 4) is 17.1 Å². The van der Waals surface area contributed by atoms with E-state index in [0.717, 1.165) is 0 Å². The van der Waals surface area contributed by atoms with Gasteiger partial charge in [0.15, 0.2) is 12.2 Å². The molecule has 1 aromatic heterocycles. The van der Waals surface area contributed by atoms with Crippen LogP contribution < -0.4 is 20.7 Å².